The molecule has 232 valence electrons. The first-order valence-electron chi connectivity index (χ1n) is 15.9. The number of imidazole rings is 1. The van der Waals surface area contributed by atoms with Gasteiger partial charge < -0.3 is 13.7 Å². The first kappa shape index (κ1) is 28.9. The van der Waals surface area contributed by atoms with Gasteiger partial charge in [-0.05, 0) is 47.1 Å². The van der Waals surface area contributed by atoms with Crippen LogP contribution in [0.15, 0.2) is 115 Å². The average Bonchev–Trinajstić information content (AvgIpc) is 3.63. The number of nitrogens with zero attached hydrogens (tertiary/aromatic N) is 4. The summed E-state index contributed by atoms with van der Waals surface area (Å²) in [5.74, 6) is 1.24. The molecule has 5 heterocycles. The number of hydrogen-bond donors (Lipinski definition) is 0. The Morgan fingerprint density at radius 1 is 0.667 bits per heavy atom. The van der Waals surface area contributed by atoms with Gasteiger partial charge in [0.2, 0.25) is 0 Å². The summed E-state index contributed by atoms with van der Waals surface area (Å²) in [5, 5.41) is 5.49. The van der Waals surface area contributed by atoms with Crippen LogP contribution in [-0.2, 0) is 26.5 Å². The largest absolute Gasteiger partial charge is 2.00 e. The van der Waals surface area contributed by atoms with Crippen molar-refractivity contribution >= 4 is 49.3 Å². The van der Waals surface area contributed by atoms with Gasteiger partial charge in [0, 0.05) is 34.0 Å². The minimum absolute atomic E-state index is 0. The molecule has 10 rings (SSSR count). The molecule has 1 aliphatic rings. The number of para-hydroxylation sites is 2. The van der Waals surface area contributed by atoms with Crippen LogP contribution in [0.4, 0.5) is 0 Å². The Kier molecular flexibility index (Phi) is 6.25. The molecule has 0 N–H and O–H groups in total. The van der Waals surface area contributed by atoms with Gasteiger partial charge in [-0.1, -0.05) is 103 Å². The van der Waals surface area contributed by atoms with E-state index in [2.05, 4.69) is 127 Å². The van der Waals surface area contributed by atoms with Crippen LogP contribution < -0.4 is 4.74 Å². The normalized spacial score (nSPS) is 13.3. The summed E-state index contributed by atoms with van der Waals surface area (Å²) in [6.07, 6.45) is 1.86. The van der Waals surface area contributed by atoms with E-state index < -0.39 is 0 Å². The van der Waals surface area contributed by atoms with E-state index in [-0.39, 0.29) is 26.5 Å². The average molecular weight is 800 g/mol. The van der Waals surface area contributed by atoms with Gasteiger partial charge in [0.1, 0.15) is 5.65 Å². The maximum Gasteiger partial charge on any atom is 2.00 e. The number of benzene rings is 5. The Hall–Kier alpha value is -5.25. The molecule has 0 spiro atoms. The molecular weight excluding hydrogens is 772 g/mol. The van der Waals surface area contributed by atoms with Gasteiger partial charge in [0.25, 0.3) is 0 Å². The third-order valence-corrected chi connectivity index (χ3v) is 9.91. The number of rotatable bonds is 3. The predicted molar refractivity (Wildman–Crippen MR) is 189 cm³/mol. The first-order valence-corrected chi connectivity index (χ1v) is 15.9. The van der Waals surface area contributed by atoms with Crippen molar-refractivity contribution in [2.45, 2.75) is 26.2 Å². The van der Waals surface area contributed by atoms with E-state index in [0.29, 0.717) is 11.5 Å². The molecule has 4 aromatic heterocycles. The van der Waals surface area contributed by atoms with E-state index in [0.717, 1.165) is 61.0 Å². The van der Waals surface area contributed by atoms with Crippen LogP contribution in [0.3, 0.4) is 0 Å². The fourth-order valence-electron chi connectivity index (χ4n) is 7.78. The van der Waals surface area contributed by atoms with Crippen molar-refractivity contribution in [1.29, 1.82) is 0 Å². The van der Waals surface area contributed by atoms with Crippen LogP contribution in [0.25, 0.3) is 66.2 Å². The zero-order chi connectivity index (χ0) is 31.4. The number of fused-ring (bicyclic) bond motifs is 11. The van der Waals surface area contributed by atoms with Gasteiger partial charge in [-0.15, -0.1) is 29.8 Å². The van der Waals surface area contributed by atoms with E-state index >= 15 is 0 Å². The second kappa shape index (κ2) is 10.4. The van der Waals surface area contributed by atoms with Crippen molar-refractivity contribution in [3.63, 3.8) is 0 Å². The molecule has 0 amide bonds. The summed E-state index contributed by atoms with van der Waals surface area (Å²) in [6, 6.07) is 45.3. The molecule has 5 aromatic carbocycles. The van der Waals surface area contributed by atoms with Crippen LogP contribution in [0.1, 0.15) is 30.7 Å². The minimum atomic E-state index is -0.217. The van der Waals surface area contributed by atoms with Gasteiger partial charge in [-0.25, -0.2) is 4.98 Å². The Morgan fingerprint density at radius 3 is 2.29 bits per heavy atom. The summed E-state index contributed by atoms with van der Waals surface area (Å²) < 4.78 is 11.1. The standard InChI is InChI=1S/C42H28N4O.Pt/c1-25-38(26-11-5-4-6-12-26)45-36-17-8-7-13-30(36)29-20-18-27(23-33(29)41(45)44-25)47-28-19-21-34-37(24-28)46-39-31(32-15-10-22-43-40(32)46)14-9-16-35(39)42(34,2)3;/h4-22H,1-3H3;/q-2;+2. The SMILES string of the molecule is Cc1nc2c3[c-]c(Oc4[c-]c5c(cc4)C(C)(C)c4cccc6c7cccnc7n-5c46)ccc3c3ccccc3n2c1-c1ccccc1.[Pt+2]. The number of ether oxygens (including phenoxy) is 1. The number of hydrogen-bond acceptors (Lipinski definition) is 3. The summed E-state index contributed by atoms with van der Waals surface area (Å²) in [7, 11) is 0. The third kappa shape index (κ3) is 3.88. The molecule has 0 fully saturated rings. The van der Waals surface area contributed by atoms with Gasteiger partial charge in [0.05, 0.1) is 22.6 Å². The van der Waals surface area contributed by atoms with Crippen molar-refractivity contribution < 1.29 is 25.8 Å². The predicted octanol–water partition coefficient (Wildman–Crippen LogP) is 10.1. The Morgan fingerprint density at radius 2 is 1.42 bits per heavy atom. The molecule has 1 aliphatic heterocycles. The van der Waals surface area contributed by atoms with Crippen LogP contribution in [0, 0.1) is 19.1 Å². The second-order valence-electron chi connectivity index (χ2n) is 12.9. The fourth-order valence-corrected chi connectivity index (χ4v) is 7.78. The molecule has 0 saturated carbocycles. The molecule has 0 saturated heterocycles. The van der Waals surface area contributed by atoms with Crippen molar-refractivity contribution in [2.24, 2.45) is 0 Å². The summed E-state index contributed by atoms with van der Waals surface area (Å²) in [6.45, 7) is 6.65. The monoisotopic (exact) mass is 799 g/mol. The summed E-state index contributed by atoms with van der Waals surface area (Å²) >= 11 is 0. The molecule has 0 atom stereocenters. The van der Waals surface area contributed by atoms with Gasteiger partial charge in [0.15, 0.2) is 0 Å². The van der Waals surface area contributed by atoms with Crippen LogP contribution in [-0.4, -0.2) is 18.9 Å². The second-order valence-corrected chi connectivity index (χ2v) is 12.9. The number of pyridine rings is 2. The summed E-state index contributed by atoms with van der Waals surface area (Å²) in [5.41, 5.74) is 10.5. The smallest absolute Gasteiger partial charge is 0.503 e. The molecule has 6 heteroatoms. The molecule has 48 heavy (non-hydrogen) atoms. The van der Waals surface area contributed by atoms with E-state index in [1.807, 2.05) is 30.5 Å². The Bertz CT molecular complexity index is 2760. The van der Waals surface area contributed by atoms with Gasteiger partial charge in [-0.2, -0.15) is 6.07 Å². The topological polar surface area (TPSA) is 44.4 Å². The van der Waals surface area contributed by atoms with E-state index in [1.54, 1.807) is 0 Å². The zero-order valence-corrected chi connectivity index (χ0v) is 28.8. The van der Waals surface area contributed by atoms with Gasteiger partial charge in [-0.3, -0.25) is 4.98 Å². The third-order valence-electron chi connectivity index (χ3n) is 9.91. The van der Waals surface area contributed by atoms with Gasteiger partial charge >= 0.3 is 21.1 Å². The molecule has 0 radical (unpaired) electrons. The van der Waals surface area contributed by atoms with E-state index in [9.17, 15) is 0 Å². The fraction of sp³-hybridized carbons (Fsp3) is 0.0952. The molecule has 0 aliphatic carbocycles. The zero-order valence-electron chi connectivity index (χ0n) is 26.5. The number of aromatic nitrogens is 4. The quantitative estimate of drug-likeness (QED) is 0.132. The van der Waals surface area contributed by atoms with E-state index in [1.165, 1.54) is 22.0 Å². The van der Waals surface area contributed by atoms with Crippen molar-refractivity contribution in [3.8, 4) is 28.4 Å². The van der Waals surface area contributed by atoms with Crippen LogP contribution in [0.5, 0.6) is 11.5 Å². The maximum absolute atomic E-state index is 6.59. The van der Waals surface area contributed by atoms with Crippen LogP contribution in [0.2, 0.25) is 0 Å². The van der Waals surface area contributed by atoms with Crippen LogP contribution >= 0.6 is 0 Å². The summed E-state index contributed by atoms with van der Waals surface area (Å²) in [4.78, 5) is 9.94. The molecule has 9 aromatic rings. The van der Waals surface area contributed by atoms with Crippen molar-refractivity contribution in [3.05, 3.63) is 144 Å². The number of aryl methyl sites for hydroxylation is 1. The molecule has 0 unspecified atom stereocenters. The van der Waals surface area contributed by atoms with Crippen molar-refractivity contribution in [1.82, 2.24) is 18.9 Å². The Labute approximate surface area is 291 Å². The van der Waals surface area contributed by atoms with E-state index in [4.69, 9.17) is 14.7 Å². The minimum Gasteiger partial charge on any atom is -0.503 e. The Balaban J connectivity index is 0.00000314. The molecule has 5 nitrogen and oxygen atoms in total. The first-order chi connectivity index (χ1) is 23.0. The maximum atomic E-state index is 6.59. The van der Waals surface area contributed by atoms with Crippen molar-refractivity contribution in [2.75, 3.05) is 0 Å². The molecule has 0 bridgehead atoms. The molecular formula is C42H28N4OPt.